The first-order chi connectivity index (χ1) is 7.75. The van der Waals surface area contributed by atoms with Crippen LogP contribution >= 0.6 is 0 Å². The lowest BCUT2D eigenvalue weighted by molar-refractivity contribution is -0.147. The fourth-order valence-electron chi connectivity index (χ4n) is 1.65. The van der Waals surface area contributed by atoms with E-state index in [9.17, 15) is 9.59 Å². The van der Waals surface area contributed by atoms with Crippen LogP contribution in [0, 0.1) is 0 Å². The van der Waals surface area contributed by atoms with Crippen molar-refractivity contribution < 1.29 is 19.4 Å². The minimum atomic E-state index is -1.25. The minimum Gasteiger partial charge on any atom is -0.479 e. The molecule has 0 radical (unpaired) electrons. The zero-order chi connectivity index (χ0) is 13.1. The molecule has 1 aliphatic rings. The summed E-state index contributed by atoms with van der Waals surface area (Å²) in [5.74, 6) is -1.34. The van der Waals surface area contributed by atoms with Crippen LogP contribution < -0.4 is 11.1 Å². The normalized spacial score (nSPS) is 24.6. The first-order valence-corrected chi connectivity index (χ1v) is 5.66. The fraction of sp³-hybridized carbons (Fsp3) is 0.818. The Balaban J connectivity index is 2.51. The SMILES string of the molecule is CC(C)(N)CCC(=O)NC1(C(=O)O)CCOC1. The Morgan fingerprint density at radius 1 is 1.53 bits per heavy atom. The molecule has 6 nitrogen and oxygen atoms in total. The summed E-state index contributed by atoms with van der Waals surface area (Å²) in [4.78, 5) is 22.8. The summed E-state index contributed by atoms with van der Waals surface area (Å²) in [7, 11) is 0. The second-order valence-corrected chi connectivity index (χ2v) is 5.23. The zero-order valence-electron chi connectivity index (χ0n) is 10.3. The van der Waals surface area contributed by atoms with E-state index < -0.39 is 17.0 Å². The van der Waals surface area contributed by atoms with Gasteiger partial charge in [-0.25, -0.2) is 4.79 Å². The fourth-order valence-corrected chi connectivity index (χ4v) is 1.65. The van der Waals surface area contributed by atoms with Gasteiger partial charge in [-0.1, -0.05) is 0 Å². The van der Waals surface area contributed by atoms with Crippen LogP contribution in [-0.2, 0) is 14.3 Å². The van der Waals surface area contributed by atoms with Crippen molar-refractivity contribution in [2.75, 3.05) is 13.2 Å². The molecule has 4 N–H and O–H groups in total. The van der Waals surface area contributed by atoms with Gasteiger partial charge in [-0.15, -0.1) is 0 Å². The van der Waals surface area contributed by atoms with Gasteiger partial charge in [0.15, 0.2) is 5.54 Å². The Bertz CT molecular complexity index is 303. The van der Waals surface area contributed by atoms with E-state index in [-0.39, 0.29) is 18.9 Å². The van der Waals surface area contributed by atoms with Crippen molar-refractivity contribution in [3.8, 4) is 0 Å². The van der Waals surface area contributed by atoms with Gasteiger partial charge >= 0.3 is 5.97 Å². The van der Waals surface area contributed by atoms with E-state index in [1.165, 1.54) is 0 Å². The molecule has 0 bridgehead atoms. The monoisotopic (exact) mass is 244 g/mol. The summed E-state index contributed by atoms with van der Waals surface area (Å²) in [5, 5.41) is 11.7. The smallest absolute Gasteiger partial charge is 0.331 e. The van der Waals surface area contributed by atoms with Gasteiger partial charge in [0.05, 0.1) is 6.61 Å². The van der Waals surface area contributed by atoms with Crippen LogP contribution in [0.1, 0.15) is 33.1 Å². The van der Waals surface area contributed by atoms with Gasteiger partial charge in [0.1, 0.15) is 0 Å². The van der Waals surface area contributed by atoms with Gasteiger partial charge in [0.2, 0.25) is 5.91 Å². The molecule has 1 amide bonds. The van der Waals surface area contributed by atoms with Gasteiger partial charge in [0.25, 0.3) is 0 Å². The second kappa shape index (κ2) is 5.01. The standard InChI is InChI=1S/C11H20N2O4/c1-10(2,12)4-3-8(14)13-11(9(15)16)5-6-17-7-11/h3-7,12H2,1-2H3,(H,13,14)(H,15,16). The van der Waals surface area contributed by atoms with Gasteiger partial charge in [-0.05, 0) is 20.3 Å². The number of rotatable bonds is 5. The number of ether oxygens (including phenoxy) is 1. The number of amides is 1. The Morgan fingerprint density at radius 3 is 2.59 bits per heavy atom. The van der Waals surface area contributed by atoms with Crippen molar-refractivity contribution >= 4 is 11.9 Å². The van der Waals surface area contributed by atoms with E-state index >= 15 is 0 Å². The molecule has 0 aliphatic carbocycles. The highest BCUT2D eigenvalue weighted by molar-refractivity contribution is 5.87. The molecule has 0 aromatic heterocycles. The number of carboxylic acids is 1. The lowest BCUT2D eigenvalue weighted by Crippen LogP contribution is -2.55. The van der Waals surface area contributed by atoms with Crippen molar-refractivity contribution in [2.24, 2.45) is 5.73 Å². The average Bonchev–Trinajstić information content (AvgIpc) is 2.63. The Morgan fingerprint density at radius 2 is 2.18 bits per heavy atom. The van der Waals surface area contributed by atoms with Crippen molar-refractivity contribution in [1.29, 1.82) is 0 Å². The molecule has 0 saturated carbocycles. The maximum atomic E-state index is 11.7. The summed E-state index contributed by atoms with van der Waals surface area (Å²) in [5.41, 5.74) is 4.08. The predicted octanol–water partition coefficient (Wildman–Crippen LogP) is -0.136. The summed E-state index contributed by atoms with van der Waals surface area (Å²) in [6.07, 6.45) is 1.04. The molecule has 1 saturated heterocycles. The van der Waals surface area contributed by atoms with Gasteiger partial charge in [0, 0.05) is 25.0 Å². The Labute approximate surface area is 101 Å². The predicted molar refractivity (Wildman–Crippen MR) is 61.4 cm³/mol. The largest absolute Gasteiger partial charge is 0.479 e. The molecular weight excluding hydrogens is 224 g/mol. The minimum absolute atomic E-state index is 0.0279. The number of nitrogens with two attached hydrogens (primary N) is 1. The van der Waals surface area contributed by atoms with Crippen molar-refractivity contribution in [3.05, 3.63) is 0 Å². The molecule has 0 aromatic carbocycles. The van der Waals surface area contributed by atoms with Gasteiger partial charge in [-0.3, -0.25) is 4.79 Å². The van der Waals surface area contributed by atoms with Crippen LogP contribution in [0.4, 0.5) is 0 Å². The van der Waals surface area contributed by atoms with Crippen LogP contribution in [0.15, 0.2) is 0 Å². The van der Waals surface area contributed by atoms with Crippen LogP contribution in [0.25, 0.3) is 0 Å². The van der Waals surface area contributed by atoms with Crippen molar-refractivity contribution in [3.63, 3.8) is 0 Å². The average molecular weight is 244 g/mol. The van der Waals surface area contributed by atoms with Crippen LogP contribution in [0.2, 0.25) is 0 Å². The van der Waals surface area contributed by atoms with E-state index in [2.05, 4.69) is 5.32 Å². The number of carbonyl (C=O) groups is 2. The van der Waals surface area contributed by atoms with Gasteiger partial charge < -0.3 is 20.9 Å². The van der Waals surface area contributed by atoms with E-state index in [1.54, 1.807) is 0 Å². The Hall–Kier alpha value is -1.14. The lowest BCUT2D eigenvalue weighted by atomic mass is 9.96. The van der Waals surface area contributed by atoms with E-state index in [0.717, 1.165) is 0 Å². The van der Waals surface area contributed by atoms with Crippen LogP contribution in [0.3, 0.4) is 0 Å². The number of hydrogen-bond donors (Lipinski definition) is 3. The van der Waals surface area contributed by atoms with E-state index in [0.29, 0.717) is 19.4 Å². The molecule has 98 valence electrons. The summed E-state index contributed by atoms with van der Waals surface area (Å²) in [6.45, 7) is 4.03. The van der Waals surface area contributed by atoms with E-state index in [4.69, 9.17) is 15.6 Å². The quantitative estimate of drug-likeness (QED) is 0.625. The summed E-state index contributed by atoms with van der Waals surface area (Å²) in [6, 6.07) is 0. The number of carbonyl (C=O) groups excluding carboxylic acids is 1. The molecule has 1 aliphatic heterocycles. The first-order valence-electron chi connectivity index (χ1n) is 5.66. The molecular formula is C11H20N2O4. The third kappa shape index (κ3) is 3.98. The summed E-state index contributed by atoms with van der Waals surface area (Å²) >= 11 is 0. The van der Waals surface area contributed by atoms with Crippen LogP contribution in [-0.4, -0.2) is 41.3 Å². The number of carboxylic acid groups (broad SMARTS) is 1. The molecule has 6 heteroatoms. The summed E-state index contributed by atoms with van der Waals surface area (Å²) < 4.78 is 5.05. The molecule has 1 unspecified atom stereocenters. The highest BCUT2D eigenvalue weighted by Crippen LogP contribution is 2.19. The number of nitrogens with one attached hydrogen (secondary N) is 1. The van der Waals surface area contributed by atoms with Crippen LogP contribution in [0.5, 0.6) is 0 Å². The van der Waals surface area contributed by atoms with Crippen molar-refractivity contribution in [2.45, 2.75) is 44.2 Å². The molecule has 1 fully saturated rings. The maximum Gasteiger partial charge on any atom is 0.331 e. The highest BCUT2D eigenvalue weighted by Gasteiger charge is 2.43. The molecule has 17 heavy (non-hydrogen) atoms. The van der Waals surface area contributed by atoms with E-state index in [1.807, 2.05) is 13.8 Å². The molecule has 1 rings (SSSR count). The number of hydrogen-bond acceptors (Lipinski definition) is 4. The second-order valence-electron chi connectivity index (χ2n) is 5.23. The van der Waals surface area contributed by atoms with Crippen molar-refractivity contribution in [1.82, 2.24) is 5.32 Å². The third-order valence-electron chi connectivity index (χ3n) is 2.81. The highest BCUT2D eigenvalue weighted by atomic mass is 16.5. The molecule has 1 atom stereocenters. The zero-order valence-corrected chi connectivity index (χ0v) is 10.3. The molecule has 1 heterocycles. The Kier molecular flexibility index (Phi) is 4.11. The van der Waals surface area contributed by atoms with Gasteiger partial charge in [-0.2, -0.15) is 0 Å². The molecule has 0 aromatic rings. The topological polar surface area (TPSA) is 102 Å². The number of aliphatic carboxylic acids is 1. The first kappa shape index (κ1) is 13.9. The lowest BCUT2D eigenvalue weighted by Gasteiger charge is -2.25. The molecule has 0 spiro atoms. The maximum absolute atomic E-state index is 11.7. The third-order valence-corrected chi connectivity index (χ3v) is 2.81.